The molecule has 3 rings (SSSR count). The molecule has 2 aromatic rings. The molecule has 1 aliphatic rings. The SMILES string of the molecule is O=C(N[C@@H](Cc1ccccc1)C1CC1)c1cccc(Br)n1. The van der Waals surface area contributed by atoms with Crippen molar-refractivity contribution in [1.29, 1.82) is 0 Å². The van der Waals surface area contributed by atoms with Gasteiger partial charge in [0, 0.05) is 6.04 Å². The van der Waals surface area contributed by atoms with E-state index in [2.05, 4.69) is 38.4 Å². The van der Waals surface area contributed by atoms with Crippen molar-refractivity contribution < 1.29 is 4.79 Å². The molecule has 0 spiro atoms. The largest absolute Gasteiger partial charge is 0.347 e. The lowest BCUT2D eigenvalue weighted by Gasteiger charge is -2.18. The molecule has 1 aromatic heterocycles. The first kappa shape index (κ1) is 14.3. The van der Waals surface area contributed by atoms with Gasteiger partial charge in [-0.25, -0.2) is 4.98 Å². The normalized spacial score (nSPS) is 15.5. The lowest BCUT2D eigenvalue weighted by atomic mass is 10.0. The summed E-state index contributed by atoms with van der Waals surface area (Å²) in [5, 5.41) is 3.15. The fourth-order valence-electron chi connectivity index (χ4n) is 2.48. The average Bonchev–Trinajstić information content (AvgIpc) is 3.32. The highest BCUT2D eigenvalue weighted by Crippen LogP contribution is 2.34. The Balaban J connectivity index is 1.69. The van der Waals surface area contributed by atoms with E-state index in [1.165, 1.54) is 18.4 Å². The van der Waals surface area contributed by atoms with Crippen LogP contribution in [0.3, 0.4) is 0 Å². The minimum Gasteiger partial charge on any atom is -0.347 e. The first-order valence-electron chi connectivity index (χ1n) is 7.20. The van der Waals surface area contributed by atoms with Gasteiger partial charge >= 0.3 is 0 Å². The zero-order valence-electron chi connectivity index (χ0n) is 11.6. The molecule has 1 N–H and O–H groups in total. The Labute approximate surface area is 132 Å². The highest BCUT2D eigenvalue weighted by Gasteiger charge is 2.32. The fraction of sp³-hybridized carbons (Fsp3) is 0.294. The molecular formula is C17H17BrN2O. The van der Waals surface area contributed by atoms with Crippen molar-refractivity contribution in [3.63, 3.8) is 0 Å². The van der Waals surface area contributed by atoms with Gasteiger partial charge in [0.05, 0.1) is 0 Å². The van der Waals surface area contributed by atoms with Crippen molar-refractivity contribution in [1.82, 2.24) is 10.3 Å². The van der Waals surface area contributed by atoms with Crippen LogP contribution in [0.2, 0.25) is 0 Å². The molecule has 1 fully saturated rings. The Hall–Kier alpha value is -1.68. The van der Waals surface area contributed by atoms with E-state index in [9.17, 15) is 4.79 Å². The quantitative estimate of drug-likeness (QED) is 0.842. The molecule has 3 nitrogen and oxygen atoms in total. The minimum atomic E-state index is -0.0934. The van der Waals surface area contributed by atoms with Gasteiger partial charge in [-0.2, -0.15) is 0 Å². The van der Waals surface area contributed by atoms with E-state index >= 15 is 0 Å². The van der Waals surface area contributed by atoms with Crippen molar-refractivity contribution in [3.8, 4) is 0 Å². The van der Waals surface area contributed by atoms with Crippen LogP contribution in [-0.4, -0.2) is 16.9 Å². The molecule has 0 aliphatic heterocycles. The maximum Gasteiger partial charge on any atom is 0.270 e. The van der Waals surface area contributed by atoms with E-state index in [0.717, 1.165) is 6.42 Å². The molecule has 1 aromatic carbocycles. The Morgan fingerprint density at radius 2 is 1.95 bits per heavy atom. The number of halogens is 1. The third-order valence-electron chi connectivity index (χ3n) is 3.75. The molecular weight excluding hydrogens is 328 g/mol. The lowest BCUT2D eigenvalue weighted by Crippen LogP contribution is -2.38. The number of carbonyl (C=O) groups is 1. The first-order valence-corrected chi connectivity index (χ1v) is 7.99. The van der Waals surface area contributed by atoms with Crippen LogP contribution in [0.4, 0.5) is 0 Å². The highest BCUT2D eigenvalue weighted by atomic mass is 79.9. The predicted octanol–water partition coefficient (Wildman–Crippen LogP) is 3.60. The Kier molecular flexibility index (Phi) is 4.34. The molecule has 1 aliphatic carbocycles. The number of hydrogen-bond donors (Lipinski definition) is 1. The summed E-state index contributed by atoms with van der Waals surface area (Å²) in [7, 11) is 0. The number of pyridine rings is 1. The third kappa shape index (κ3) is 3.91. The van der Waals surface area contributed by atoms with Gasteiger partial charge in [0.2, 0.25) is 0 Å². The van der Waals surface area contributed by atoms with E-state index in [1.807, 2.05) is 30.3 Å². The summed E-state index contributed by atoms with van der Waals surface area (Å²) in [6.45, 7) is 0. The van der Waals surface area contributed by atoms with Crippen LogP contribution in [0.1, 0.15) is 28.9 Å². The molecule has 1 heterocycles. The Morgan fingerprint density at radius 1 is 1.19 bits per heavy atom. The highest BCUT2D eigenvalue weighted by molar-refractivity contribution is 9.10. The smallest absolute Gasteiger partial charge is 0.270 e. The number of hydrogen-bond acceptors (Lipinski definition) is 2. The van der Waals surface area contributed by atoms with Crippen molar-refractivity contribution in [2.75, 3.05) is 0 Å². The number of aromatic nitrogens is 1. The van der Waals surface area contributed by atoms with Gasteiger partial charge in [0.1, 0.15) is 10.3 Å². The number of nitrogens with one attached hydrogen (secondary N) is 1. The van der Waals surface area contributed by atoms with E-state index in [-0.39, 0.29) is 11.9 Å². The molecule has 0 saturated heterocycles. The summed E-state index contributed by atoms with van der Waals surface area (Å²) >= 11 is 3.30. The molecule has 0 unspecified atom stereocenters. The molecule has 108 valence electrons. The third-order valence-corrected chi connectivity index (χ3v) is 4.20. The number of benzene rings is 1. The predicted molar refractivity (Wildman–Crippen MR) is 86.1 cm³/mol. The number of carbonyl (C=O) groups excluding carboxylic acids is 1. The van der Waals surface area contributed by atoms with Gasteiger partial charge in [0.15, 0.2) is 0 Å². The zero-order chi connectivity index (χ0) is 14.7. The first-order chi connectivity index (χ1) is 10.2. The van der Waals surface area contributed by atoms with Gasteiger partial charge in [-0.3, -0.25) is 4.79 Å². The molecule has 0 bridgehead atoms. The van der Waals surface area contributed by atoms with Crippen molar-refractivity contribution in [3.05, 3.63) is 64.4 Å². The van der Waals surface area contributed by atoms with Gasteiger partial charge in [-0.05, 0) is 58.8 Å². The summed E-state index contributed by atoms with van der Waals surface area (Å²) in [6, 6.07) is 15.9. The van der Waals surface area contributed by atoms with Crippen LogP contribution >= 0.6 is 15.9 Å². The summed E-state index contributed by atoms with van der Waals surface area (Å²) in [5.41, 5.74) is 1.72. The molecule has 1 atom stereocenters. The molecule has 0 radical (unpaired) electrons. The van der Waals surface area contributed by atoms with Gasteiger partial charge in [-0.1, -0.05) is 36.4 Å². The molecule has 4 heteroatoms. The van der Waals surface area contributed by atoms with E-state index in [1.54, 1.807) is 6.07 Å². The monoisotopic (exact) mass is 344 g/mol. The average molecular weight is 345 g/mol. The van der Waals surface area contributed by atoms with Gasteiger partial charge in [-0.15, -0.1) is 0 Å². The van der Waals surface area contributed by atoms with Crippen LogP contribution in [0.25, 0.3) is 0 Å². The van der Waals surface area contributed by atoms with Crippen molar-refractivity contribution in [2.45, 2.75) is 25.3 Å². The second-order valence-electron chi connectivity index (χ2n) is 5.45. The van der Waals surface area contributed by atoms with Crippen LogP contribution in [0, 0.1) is 5.92 Å². The van der Waals surface area contributed by atoms with Gasteiger partial charge in [0.25, 0.3) is 5.91 Å². The van der Waals surface area contributed by atoms with Crippen molar-refractivity contribution >= 4 is 21.8 Å². The Bertz CT molecular complexity index is 626. The zero-order valence-corrected chi connectivity index (χ0v) is 13.2. The summed E-state index contributed by atoms with van der Waals surface area (Å²) < 4.78 is 0.682. The standard InChI is InChI=1S/C17H17BrN2O/c18-16-8-4-7-14(19-16)17(21)20-15(13-9-10-13)11-12-5-2-1-3-6-12/h1-8,13,15H,9-11H2,(H,20,21)/t15-/m0/s1. The second kappa shape index (κ2) is 6.39. The number of rotatable bonds is 5. The fourth-order valence-corrected chi connectivity index (χ4v) is 2.82. The van der Waals surface area contributed by atoms with Crippen LogP contribution in [0.15, 0.2) is 53.1 Å². The number of amides is 1. The summed E-state index contributed by atoms with van der Waals surface area (Å²) in [4.78, 5) is 16.6. The van der Waals surface area contributed by atoms with Crippen LogP contribution in [0.5, 0.6) is 0 Å². The molecule has 1 amide bonds. The van der Waals surface area contributed by atoms with E-state index < -0.39 is 0 Å². The van der Waals surface area contributed by atoms with Crippen LogP contribution in [-0.2, 0) is 6.42 Å². The topological polar surface area (TPSA) is 42.0 Å². The van der Waals surface area contributed by atoms with E-state index in [0.29, 0.717) is 16.2 Å². The van der Waals surface area contributed by atoms with Gasteiger partial charge < -0.3 is 5.32 Å². The van der Waals surface area contributed by atoms with Crippen LogP contribution < -0.4 is 5.32 Å². The van der Waals surface area contributed by atoms with E-state index in [4.69, 9.17) is 0 Å². The summed E-state index contributed by atoms with van der Waals surface area (Å²) in [6.07, 6.45) is 3.28. The Morgan fingerprint density at radius 3 is 2.62 bits per heavy atom. The maximum absolute atomic E-state index is 12.3. The lowest BCUT2D eigenvalue weighted by molar-refractivity contribution is 0.0926. The maximum atomic E-state index is 12.3. The minimum absolute atomic E-state index is 0.0934. The summed E-state index contributed by atoms with van der Waals surface area (Å²) in [5.74, 6) is 0.505. The second-order valence-corrected chi connectivity index (χ2v) is 6.27. The number of nitrogens with zero attached hydrogens (tertiary/aromatic N) is 1. The van der Waals surface area contributed by atoms with Crippen molar-refractivity contribution in [2.24, 2.45) is 5.92 Å². The molecule has 1 saturated carbocycles. The molecule has 21 heavy (non-hydrogen) atoms.